The number of nitrogens with zero attached hydrogens (tertiary/aromatic N) is 1. The lowest BCUT2D eigenvalue weighted by Gasteiger charge is -2.26. The molecule has 0 aliphatic rings. The summed E-state index contributed by atoms with van der Waals surface area (Å²) in [6.45, 7) is 0. The molecule has 1 nitrogen and oxygen atoms in total. The van der Waals surface area contributed by atoms with Crippen LogP contribution in [-0.2, 0) is 0 Å². The molecule has 0 amide bonds. The summed E-state index contributed by atoms with van der Waals surface area (Å²) in [5, 5.41) is 7.84. The molecule has 0 aliphatic carbocycles. The number of hydrogen-bond donors (Lipinski definition) is 0. The van der Waals surface area contributed by atoms with Crippen LogP contribution in [0.4, 0.5) is 17.1 Å². The fraction of sp³-hybridized carbons (Fsp3) is 0. The van der Waals surface area contributed by atoms with Crippen molar-refractivity contribution in [2.45, 2.75) is 0 Å². The van der Waals surface area contributed by atoms with Gasteiger partial charge in [-0.05, 0) is 116 Å². The summed E-state index contributed by atoms with van der Waals surface area (Å²) in [4.78, 5) is 2.34. The van der Waals surface area contributed by atoms with Gasteiger partial charge in [0.1, 0.15) is 0 Å². The van der Waals surface area contributed by atoms with Crippen LogP contribution in [0.15, 0.2) is 200 Å². The lowest BCUT2D eigenvalue weighted by Crippen LogP contribution is -2.09. The van der Waals surface area contributed by atoms with Gasteiger partial charge in [0, 0.05) is 37.2 Å². The Hall–Kier alpha value is -6.48. The first-order chi connectivity index (χ1) is 25.7. The molecule has 0 N–H and O–H groups in total. The van der Waals surface area contributed by atoms with Crippen molar-refractivity contribution in [2.24, 2.45) is 0 Å². The second kappa shape index (κ2) is 12.7. The predicted octanol–water partition coefficient (Wildman–Crippen LogP) is 14.8. The topological polar surface area (TPSA) is 3.24 Å². The quantitative estimate of drug-likeness (QED) is 0.158. The predicted molar refractivity (Wildman–Crippen MR) is 225 cm³/mol. The van der Waals surface area contributed by atoms with E-state index >= 15 is 0 Å². The lowest BCUT2D eigenvalue weighted by atomic mass is 9.96. The van der Waals surface area contributed by atoms with Crippen LogP contribution in [0.3, 0.4) is 0 Å². The SMILES string of the molecule is c1ccc(-c2ccc(N(c3ccc(-c4ccccc4)cc3)c3ccc(-c4ccc5c(ccc6cc7c(cc65)sc5ccccc57)c4)cc3)cc2)cc1. The minimum Gasteiger partial charge on any atom is -0.311 e. The van der Waals surface area contributed by atoms with Gasteiger partial charge in [0.15, 0.2) is 0 Å². The molecule has 10 rings (SSSR count). The highest BCUT2D eigenvalue weighted by Crippen LogP contribution is 2.40. The maximum Gasteiger partial charge on any atom is 0.0462 e. The van der Waals surface area contributed by atoms with E-state index in [4.69, 9.17) is 0 Å². The van der Waals surface area contributed by atoms with Crippen LogP contribution in [-0.4, -0.2) is 0 Å². The Morgan fingerprint density at radius 1 is 0.269 bits per heavy atom. The molecule has 0 aliphatic heterocycles. The molecule has 0 fully saturated rings. The highest BCUT2D eigenvalue weighted by atomic mass is 32.1. The van der Waals surface area contributed by atoms with Gasteiger partial charge >= 0.3 is 0 Å². The van der Waals surface area contributed by atoms with Crippen LogP contribution >= 0.6 is 11.3 Å². The Morgan fingerprint density at radius 3 is 1.31 bits per heavy atom. The fourth-order valence-electron chi connectivity index (χ4n) is 7.58. The van der Waals surface area contributed by atoms with Gasteiger partial charge in [-0.25, -0.2) is 0 Å². The van der Waals surface area contributed by atoms with Crippen molar-refractivity contribution >= 4 is 70.1 Å². The van der Waals surface area contributed by atoms with Crippen molar-refractivity contribution in [3.05, 3.63) is 200 Å². The molecule has 0 unspecified atom stereocenters. The summed E-state index contributed by atoms with van der Waals surface area (Å²) in [6.07, 6.45) is 0. The first-order valence-electron chi connectivity index (χ1n) is 17.7. The number of rotatable bonds is 6. The smallest absolute Gasteiger partial charge is 0.0462 e. The summed E-state index contributed by atoms with van der Waals surface area (Å²) in [7, 11) is 0. The molecule has 1 aromatic heterocycles. The average Bonchev–Trinajstić information content (AvgIpc) is 3.59. The maximum absolute atomic E-state index is 2.39. The minimum atomic E-state index is 1.11. The molecule has 0 atom stereocenters. The zero-order valence-corrected chi connectivity index (χ0v) is 29.2. The van der Waals surface area contributed by atoms with Gasteiger partial charge in [0.05, 0.1) is 0 Å². The highest BCUT2D eigenvalue weighted by Gasteiger charge is 2.15. The van der Waals surface area contributed by atoms with Gasteiger partial charge in [0.2, 0.25) is 0 Å². The molecule has 0 saturated heterocycles. The number of anilines is 3. The van der Waals surface area contributed by atoms with E-state index in [1.165, 1.54) is 75.1 Å². The molecule has 0 bridgehead atoms. The third-order valence-corrected chi connectivity index (χ3v) is 11.4. The van der Waals surface area contributed by atoms with E-state index in [2.05, 4.69) is 205 Å². The van der Waals surface area contributed by atoms with Crippen LogP contribution in [0, 0.1) is 0 Å². The summed E-state index contributed by atoms with van der Waals surface area (Å²) >= 11 is 1.88. The van der Waals surface area contributed by atoms with Crippen molar-refractivity contribution < 1.29 is 0 Å². The lowest BCUT2D eigenvalue weighted by molar-refractivity contribution is 1.28. The summed E-state index contributed by atoms with van der Waals surface area (Å²) in [5.41, 5.74) is 10.6. The second-order valence-corrected chi connectivity index (χ2v) is 14.5. The third kappa shape index (κ3) is 5.42. The van der Waals surface area contributed by atoms with E-state index in [1.54, 1.807) is 0 Å². The van der Waals surface area contributed by atoms with Crippen molar-refractivity contribution in [3.63, 3.8) is 0 Å². The zero-order valence-electron chi connectivity index (χ0n) is 28.4. The average molecular weight is 680 g/mol. The Labute approximate surface area is 307 Å². The van der Waals surface area contributed by atoms with Crippen LogP contribution in [0.1, 0.15) is 0 Å². The van der Waals surface area contributed by atoms with E-state index < -0.39 is 0 Å². The van der Waals surface area contributed by atoms with Crippen LogP contribution in [0.2, 0.25) is 0 Å². The molecule has 10 aromatic rings. The van der Waals surface area contributed by atoms with Gasteiger partial charge in [-0.3, -0.25) is 0 Å². The number of benzene rings is 9. The first kappa shape index (κ1) is 30.4. The van der Waals surface area contributed by atoms with E-state index in [1.807, 2.05) is 11.3 Å². The van der Waals surface area contributed by atoms with Crippen molar-refractivity contribution in [1.29, 1.82) is 0 Å². The van der Waals surface area contributed by atoms with Crippen molar-refractivity contribution in [3.8, 4) is 33.4 Å². The molecule has 9 aromatic carbocycles. The highest BCUT2D eigenvalue weighted by molar-refractivity contribution is 7.25. The van der Waals surface area contributed by atoms with Gasteiger partial charge in [-0.15, -0.1) is 11.3 Å². The Kier molecular flexibility index (Phi) is 7.41. The van der Waals surface area contributed by atoms with Crippen LogP contribution in [0.25, 0.3) is 75.1 Å². The van der Waals surface area contributed by atoms with Crippen LogP contribution < -0.4 is 4.90 Å². The molecule has 1 heterocycles. The summed E-state index contributed by atoms with van der Waals surface area (Å²) in [6, 6.07) is 72.8. The number of fused-ring (bicyclic) bond motifs is 6. The summed E-state index contributed by atoms with van der Waals surface area (Å²) < 4.78 is 2.68. The summed E-state index contributed by atoms with van der Waals surface area (Å²) in [5.74, 6) is 0. The Morgan fingerprint density at radius 2 is 0.731 bits per heavy atom. The number of thiophene rings is 1. The van der Waals surface area contributed by atoms with Crippen LogP contribution in [0.5, 0.6) is 0 Å². The molecule has 0 saturated carbocycles. The van der Waals surface area contributed by atoms with E-state index in [0.29, 0.717) is 0 Å². The second-order valence-electron chi connectivity index (χ2n) is 13.4. The van der Waals surface area contributed by atoms with E-state index in [0.717, 1.165) is 17.1 Å². The first-order valence-corrected chi connectivity index (χ1v) is 18.6. The Bertz CT molecular complexity index is 2770. The van der Waals surface area contributed by atoms with Gasteiger partial charge in [0.25, 0.3) is 0 Å². The normalized spacial score (nSPS) is 11.5. The number of hydrogen-bond acceptors (Lipinski definition) is 2. The fourth-order valence-corrected chi connectivity index (χ4v) is 8.71. The van der Waals surface area contributed by atoms with E-state index in [-0.39, 0.29) is 0 Å². The van der Waals surface area contributed by atoms with Gasteiger partial charge < -0.3 is 4.90 Å². The maximum atomic E-state index is 2.39. The standard InChI is InChI=1S/C50H33NS/c1-3-9-34(10-4-1)36-17-24-42(25-18-36)51(43-26-19-37(20-27-43)35-11-5-2-6-12-35)44-28-21-38(22-29-44)39-23-30-45-40(31-39)15-16-41-32-48-46-13-7-8-14-49(46)52-50(48)33-47(41)45/h1-33H. The molecule has 0 spiro atoms. The largest absolute Gasteiger partial charge is 0.311 e. The molecular weight excluding hydrogens is 647 g/mol. The zero-order chi connectivity index (χ0) is 34.4. The molecule has 244 valence electrons. The van der Waals surface area contributed by atoms with Gasteiger partial charge in [-0.2, -0.15) is 0 Å². The molecule has 2 heteroatoms. The van der Waals surface area contributed by atoms with E-state index in [9.17, 15) is 0 Å². The van der Waals surface area contributed by atoms with Crippen molar-refractivity contribution in [2.75, 3.05) is 4.90 Å². The minimum absolute atomic E-state index is 1.11. The monoisotopic (exact) mass is 679 g/mol. The third-order valence-electron chi connectivity index (χ3n) is 10.3. The van der Waals surface area contributed by atoms with Gasteiger partial charge in [-0.1, -0.05) is 140 Å². The Balaban J connectivity index is 1.01. The molecule has 0 radical (unpaired) electrons. The molecule has 52 heavy (non-hydrogen) atoms. The van der Waals surface area contributed by atoms with Crippen molar-refractivity contribution in [1.82, 2.24) is 0 Å². The molecular formula is C50H33NS.